The van der Waals surface area contributed by atoms with E-state index < -0.39 is 0 Å². The maximum atomic E-state index is 5.07. The van der Waals surface area contributed by atoms with Gasteiger partial charge < -0.3 is 40.9 Å². The molecule has 10 heterocycles. The predicted molar refractivity (Wildman–Crippen MR) is 424 cm³/mol. The zero-order chi connectivity index (χ0) is 73.4. The molecule has 15 nitrogen and oxygen atoms in total. The molecular weight excluding hydrogens is 1180 g/mol. The molecule has 9 aliphatic rings. The van der Waals surface area contributed by atoms with Crippen LogP contribution in [0.4, 0.5) is 0 Å². The molecule has 15 heteroatoms. The highest BCUT2D eigenvalue weighted by atomic mass is 16.5. The van der Waals surface area contributed by atoms with Gasteiger partial charge in [0.05, 0.1) is 5.69 Å². The lowest BCUT2D eigenvalue weighted by Crippen LogP contribution is -2.59. The molecule has 0 spiro atoms. The van der Waals surface area contributed by atoms with Gasteiger partial charge in [0.2, 0.25) is 0 Å². The minimum Gasteiger partial charge on any atom is -0.391 e. The Morgan fingerprint density at radius 1 is 0.469 bits per heavy atom. The van der Waals surface area contributed by atoms with Crippen molar-refractivity contribution in [1.29, 1.82) is 0 Å². The number of aryl methyl sites for hydroxylation is 2. The topological polar surface area (TPSA) is 112 Å². The number of nitrogens with one attached hydrogen (secondary N) is 5. The molecule has 3 atom stereocenters. The van der Waals surface area contributed by atoms with Gasteiger partial charge in [-0.1, -0.05) is 67.5 Å². The van der Waals surface area contributed by atoms with Crippen molar-refractivity contribution in [3.05, 3.63) is 28.8 Å². The quantitative estimate of drug-likeness (QED) is 0.178. The summed E-state index contributed by atoms with van der Waals surface area (Å²) in [5, 5.41) is 20.6. The SMILES string of the molecule is CC(C)(C)C1=CNCC1.CC(C)(C)C1CCNC1.CC(C)N1CCCC1.CC(C)N1CCCC1(C)C.CC(C)N1CCCC1C.CC(C)N1CCN(C)CC1.CC(C)N1CCNCC1.CC(C)N1CCNCC1(C)C.CC(C)N1CCNCC1C.Cc1noc(C)c1C(C)(C)C. The van der Waals surface area contributed by atoms with Gasteiger partial charge in [-0.05, 0) is 284 Å². The second-order valence-electron chi connectivity index (χ2n) is 36.0. The monoisotopic (exact) mass is 1360 g/mol. The largest absolute Gasteiger partial charge is 0.391 e. The molecule has 1 aromatic heterocycles. The van der Waals surface area contributed by atoms with Crippen molar-refractivity contribution in [2.45, 2.75) is 337 Å². The molecule has 1 aromatic rings. The Balaban J connectivity index is 0.000000534. The highest BCUT2D eigenvalue weighted by Crippen LogP contribution is 2.32. The first-order valence-corrected chi connectivity index (χ1v) is 39.6. The Kier molecular flexibility index (Phi) is 44.3. The fourth-order valence-electron chi connectivity index (χ4n) is 15.2. The van der Waals surface area contributed by atoms with Crippen molar-refractivity contribution >= 4 is 0 Å². The molecule has 0 aliphatic carbocycles. The number of aromatic nitrogens is 1. The Morgan fingerprint density at radius 3 is 1.24 bits per heavy atom. The van der Waals surface area contributed by atoms with Crippen LogP contribution in [0.25, 0.3) is 0 Å². The molecule has 0 bridgehead atoms. The van der Waals surface area contributed by atoms with Crippen LogP contribution in [-0.4, -0.2) is 254 Å². The molecule has 5 N–H and O–H groups in total. The lowest BCUT2D eigenvalue weighted by Gasteiger charge is -2.45. The van der Waals surface area contributed by atoms with Gasteiger partial charge in [-0.15, -0.1) is 0 Å². The van der Waals surface area contributed by atoms with Gasteiger partial charge in [0, 0.05) is 169 Å². The van der Waals surface area contributed by atoms with Crippen molar-refractivity contribution in [1.82, 2.24) is 70.9 Å². The van der Waals surface area contributed by atoms with Gasteiger partial charge >= 0.3 is 0 Å². The van der Waals surface area contributed by atoms with Crippen LogP contribution in [0.3, 0.4) is 0 Å². The van der Waals surface area contributed by atoms with E-state index in [1.54, 1.807) is 5.57 Å². The second-order valence-corrected chi connectivity index (χ2v) is 36.0. The molecule has 9 aliphatic heterocycles. The van der Waals surface area contributed by atoms with E-state index in [0.717, 1.165) is 99.4 Å². The van der Waals surface area contributed by atoms with E-state index in [4.69, 9.17) is 4.52 Å². The van der Waals surface area contributed by atoms with Crippen LogP contribution in [-0.2, 0) is 5.41 Å². The maximum Gasteiger partial charge on any atom is 0.137 e. The molecular formula is C81H170N14O. The van der Waals surface area contributed by atoms with Gasteiger partial charge in [0.1, 0.15) is 5.76 Å². The van der Waals surface area contributed by atoms with Crippen molar-refractivity contribution in [3.8, 4) is 0 Å². The number of rotatable bonds is 7. The highest BCUT2D eigenvalue weighted by Gasteiger charge is 2.34. The van der Waals surface area contributed by atoms with Crippen LogP contribution >= 0.6 is 0 Å². The first-order valence-electron chi connectivity index (χ1n) is 39.6. The lowest BCUT2D eigenvalue weighted by molar-refractivity contribution is 0.0595. The molecule has 96 heavy (non-hydrogen) atoms. The number of hydrogen-bond donors (Lipinski definition) is 5. The van der Waals surface area contributed by atoms with Gasteiger partial charge in [0.15, 0.2) is 0 Å². The summed E-state index contributed by atoms with van der Waals surface area (Å²) in [6.45, 7) is 95.4. The third-order valence-electron chi connectivity index (χ3n) is 21.4. The molecule has 8 saturated heterocycles. The minimum atomic E-state index is 0.147. The van der Waals surface area contributed by atoms with Crippen molar-refractivity contribution in [2.75, 3.05) is 144 Å². The smallest absolute Gasteiger partial charge is 0.137 e. The number of likely N-dealkylation sites (N-methyl/N-ethyl adjacent to an activating group) is 1. The standard InChI is InChI=1S/C9H20N2.C9H15NO.C9H19N.2C8H18N2.C8H17N.C8H15N.C8H17N.C7H16N2.C7H15N/c1-8(2)11-6-5-10-7-9(11,3)4;1-6-8(9(3,4)5)7(2)11-10-6;1-8(2)10-7-5-6-9(10,3)4;1-8(2)10-6-4-9(3)5-7-10;1-7(2)10-5-4-9-6-8(10)3;2*1-8(2,3)7-4-5-9-6-7;1-7(2)9-6-4-5-8(9)3;1-7(2)9-5-3-8-4-6-9;1-7(2)8-5-3-4-6-8/h8,10H,5-7H2,1-4H3;1-5H3;8H,5-7H2,1-4H3;8H,4-7H2,1-3H3;7-9H,4-6H2,1-3H3;7,9H,4-6H2,1-3H3;6,9H,4-5H2,1-3H3;7-8H,4-6H2,1-3H3;7-8H,3-6H2,1-2H3;7H,3-6H2,1-2H3. The van der Waals surface area contributed by atoms with E-state index >= 15 is 0 Å². The number of nitrogens with zero attached hydrogens (tertiary/aromatic N) is 9. The van der Waals surface area contributed by atoms with E-state index in [-0.39, 0.29) is 5.41 Å². The summed E-state index contributed by atoms with van der Waals surface area (Å²) < 4.78 is 5.07. The summed E-state index contributed by atoms with van der Waals surface area (Å²) in [5.74, 6) is 1.84. The van der Waals surface area contributed by atoms with Gasteiger partial charge in [-0.25, -0.2) is 0 Å². The fraction of sp³-hybridized carbons (Fsp3) is 0.938. The van der Waals surface area contributed by atoms with E-state index in [2.05, 4.69) is 285 Å². The van der Waals surface area contributed by atoms with Gasteiger partial charge in [-0.2, -0.15) is 0 Å². The molecule has 0 radical (unpaired) electrons. The molecule has 8 fully saturated rings. The van der Waals surface area contributed by atoms with E-state index in [0.29, 0.717) is 40.0 Å². The van der Waals surface area contributed by atoms with Crippen molar-refractivity contribution in [2.24, 2.45) is 16.7 Å². The molecule has 0 saturated carbocycles. The number of likely N-dealkylation sites (tertiary alicyclic amines) is 3. The average Bonchev–Trinajstić information content (AvgIpc) is 1.59. The van der Waals surface area contributed by atoms with E-state index in [1.807, 2.05) is 13.8 Å². The fourth-order valence-corrected chi connectivity index (χ4v) is 15.2. The molecule has 10 rings (SSSR count). The van der Waals surface area contributed by atoms with Gasteiger partial charge in [-0.3, -0.25) is 29.4 Å². The van der Waals surface area contributed by atoms with Gasteiger partial charge in [0.25, 0.3) is 0 Å². The summed E-state index contributed by atoms with van der Waals surface area (Å²) in [5.41, 5.74) is 5.64. The van der Waals surface area contributed by atoms with Crippen LogP contribution in [0, 0.1) is 30.6 Å². The number of hydrogen-bond acceptors (Lipinski definition) is 15. The predicted octanol–water partition coefficient (Wildman–Crippen LogP) is 14.5. The van der Waals surface area contributed by atoms with E-state index in [1.165, 1.54) is 149 Å². The van der Waals surface area contributed by atoms with Crippen LogP contribution in [0.15, 0.2) is 16.3 Å². The van der Waals surface area contributed by atoms with Crippen LogP contribution in [0.2, 0.25) is 0 Å². The van der Waals surface area contributed by atoms with Crippen molar-refractivity contribution < 1.29 is 4.52 Å². The van der Waals surface area contributed by atoms with E-state index in [9.17, 15) is 0 Å². The highest BCUT2D eigenvalue weighted by molar-refractivity contribution is 5.28. The minimum absolute atomic E-state index is 0.147. The molecule has 570 valence electrons. The first kappa shape index (κ1) is 92.3. The summed E-state index contributed by atoms with van der Waals surface area (Å²) in [7, 11) is 2.19. The second kappa shape index (κ2) is 46.1. The van der Waals surface area contributed by atoms with Crippen LogP contribution in [0.5, 0.6) is 0 Å². The Labute approximate surface area is 599 Å². The summed E-state index contributed by atoms with van der Waals surface area (Å²) >= 11 is 0. The summed E-state index contributed by atoms with van der Waals surface area (Å²) in [6.07, 6.45) is 13.1. The lowest BCUT2D eigenvalue weighted by atomic mass is 9.80. The number of piperazine rings is 4. The third-order valence-corrected chi connectivity index (χ3v) is 21.4. The zero-order valence-electron chi connectivity index (χ0n) is 70.3. The molecule has 3 unspecified atom stereocenters. The Hall–Kier alpha value is -1.73. The third kappa shape index (κ3) is 36.9. The van der Waals surface area contributed by atoms with Crippen LogP contribution in [0.1, 0.15) is 269 Å². The zero-order valence-corrected chi connectivity index (χ0v) is 70.3. The van der Waals surface area contributed by atoms with Crippen LogP contribution < -0.4 is 26.6 Å². The molecule has 0 amide bonds. The summed E-state index contributed by atoms with van der Waals surface area (Å²) in [6, 6.07) is 6.64. The maximum absolute atomic E-state index is 5.07. The average molecular weight is 1360 g/mol. The van der Waals surface area contributed by atoms with Crippen molar-refractivity contribution in [3.63, 3.8) is 0 Å². The molecule has 0 aromatic carbocycles. The summed E-state index contributed by atoms with van der Waals surface area (Å²) in [4.78, 5) is 20.2. The Bertz CT molecular complexity index is 2080. The Morgan fingerprint density at radius 2 is 0.958 bits per heavy atom. The first-order chi connectivity index (χ1) is 44.5. The normalized spacial score (nSPS) is 24.0.